The second-order valence-corrected chi connectivity index (χ2v) is 4.87. The molecule has 3 nitrogen and oxygen atoms in total. The molecule has 0 aliphatic carbocycles. The third kappa shape index (κ3) is 2.94. The number of aryl methyl sites for hydroxylation is 1. The summed E-state index contributed by atoms with van der Waals surface area (Å²) in [6, 6.07) is 16.4. The van der Waals surface area contributed by atoms with Gasteiger partial charge in [-0.15, -0.1) is 0 Å². The van der Waals surface area contributed by atoms with Crippen LogP contribution in [-0.4, -0.2) is 16.5 Å². The molecule has 0 radical (unpaired) electrons. The van der Waals surface area contributed by atoms with Crippen LogP contribution in [0, 0.1) is 6.92 Å². The Hall–Kier alpha value is -2.42. The van der Waals surface area contributed by atoms with Gasteiger partial charge in [0.2, 0.25) is 0 Å². The van der Waals surface area contributed by atoms with Gasteiger partial charge in [-0.1, -0.05) is 24.3 Å². The van der Waals surface area contributed by atoms with Crippen molar-refractivity contribution in [2.75, 3.05) is 11.9 Å². The fourth-order valence-electron chi connectivity index (χ4n) is 2.15. The number of hydrogen-bond acceptors (Lipinski definition) is 3. The summed E-state index contributed by atoms with van der Waals surface area (Å²) >= 11 is 0. The molecule has 0 aliphatic heterocycles. The maximum Gasteiger partial charge on any atom is 0.126 e. The van der Waals surface area contributed by atoms with Crippen molar-refractivity contribution in [1.82, 2.24) is 9.97 Å². The van der Waals surface area contributed by atoms with E-state index in [1.54, 1.807) is 0 Å². The number of pyridine rings is 2. The fraction of sp³-hybridized carbons (Fsp3) is 0.176. The number of rotatable bonds is 4. The lowest BCUT2D eigenvalue weighted by Gasteiger charge is -2.07. The molecule has 2 aromatic heterocycles. The van der Waals surface area contributed by atoms with Crippen LogP contribution in [0.4, 0.5) is 5.82 Å². The van der Waals surface area contributed by atoms with E-state index in [4.69, 9.17) is 0 Å². The Morgan fingerprint density at radius 2 is 1.90 bits per heavy atom. The molecule has 0 fully saturated rings. The zero-order valence-corrected chi connectivity index (χ0v) is 11.5. The summed E-state index contributed by atoms with van der Waals surface area (Å²) in [5.41, 5.74) is 3.32. The third-order valence-electron chi connectivity index (χ3n) is 3.29. The largest absolute Gasteiger partial charge is 0.370 e. The minimum Gasteiger partial charge on any atom is -0.370 e. The summed E-state index contributed by atoms with van der Waals surface area (Å²) in [6.45, 7) is 2.86. The van der Waals surface area contributed by atoms with Gasteiger partial charge >= 0.3 is 0 Å². The molecule has 0 bridgehead atoms. The van der Waals surface area contributed by atoms with Crippen molar-refractivity contribution in [3.63, 3.8) is 0 Å². The van der Waals surface area contributed by atoms with Gasteiger partial charge in [-0.3, -0.25) is 4.98 Å². The average molecular weight is 263 g/mol. The Morgan fingerprint density at radius 1 is 1.00 bits per heavy atom. The van der Waals surface area contributed by atoms with E-state index in [1.165, 1.54) is 10.9 Å². The van der Waals surface area contributed by atoms with Crippen molar-refractivity contribution in [1.29, 1.82) is 0 Å². The Kier molecular flexibility index (Phi) is 3.59. The zero-order chi connectivity index (χ0) is 13.8. The van der Waals surface area contributed by atoms with Crippen molar-refractivity contribution in [3.05, 3.63) is 66.0 Å². The molecule has 100 valence electrons. The SMILES string of the molecule is Cc1ccc(CCNc2ccc3ccccc3n2)cn1. The molecule has 1 N–H and O–H groups in total. The van der Waals surface area contributed by atoms with Crippen molar-refractivity contribution in [3.8, 4) is 0 Å². The van der Waals surface area contributed by atoms with E-state index in [0.717, 1.165) is 30.0 Å². The monoisotopic (exact) mass is 263 g/mol. The number of benzene rings is 1. The van der Waals surface area contributed by atoms with E-state index in [1.807, 2.05) is 43.5 Å². The predicted octanol–water partition coefficient (Wildman–Crippen LogP) is 3.59. The molecule has 3 aromatic rings. The second kappa shape index (κ2) is 5.70. The van der Waals surface area contributed by atoms with Gasteiger partial charge in [0.05, 0.1) is 5.52 Å². The quantitative estimate of drug-likeness (QED) is 0.781. The molecule has 20 heavy (non-hydrogen) atoms. The van der Waals surface area contributed by atoms with Gasteiger partial charge in [0, 0.05) is 23.8 Å². The molecule has 0 atom stereocenters. The molecule has 0 amide bonds. The van der Waals surface area contributed by atoms with Gasteiger partial charge < -0.3 is 5.32 Å². The molecular formula is C17H17N3. The first-order chi connectivity index (χ1) is 9.81. The van der Waals surface area contributed by atoms with Gasteiger partial charge in [0.25, 0.3) is 0 Å². The molecular weight excluding hydrogens is 246 g/mol. The van der Waals surface area contributed by atoms with Gasteiger partial charge in [-0.05, 0) is 43.2 Å². The average Bonchev–Trinajstić information content (AvgIpc) is 2.49. The van der Waals surface area contributed by atoms with Crippen LogP contribution in [-0.2, 0) is 6.42 Å². The molecule has 2 heterocycles. The Balaban J connectivity index is 1.63. The summed E-state index contributed by atoms with van der Waals surface area (Å²) in [6.07, 6.45) is 2.88. The van der Waals surface area contributed by atoms with Gasteiger partial charge in [0.15, 0.2) is 0 Å². The standard InChI is InChI=1S/C17H17N3/c1-13-6-7-14(12-19-13)10-11-18-17-9-8-15-4-2-3-5-16(15)20-17/h2-9,12H,10-11H2,1H3,(H,18,20). The van der Waals surface area contributed by atoms with Crippen LogP contribution in [0.1, 0.15) is 11.3 Å². The van der Waals surface area contributed by atoms with Gasteiger partial charge in [0.1, 0.15) is 5.82 Å². The topological polar surface area (TPSA) is 37.8 Å². The highest BCUT2D eigenvalue weighted by atomic mass is 15.0. The Labute approximate surface area is 118 Å². The smallest absolute Gasteiger partial charge is 0.126 e. The van der Waals surface area contributed by atoms with E-state index < -0.39 is 0 Å². The van der Waals surface area contributed by atoms with Gasteiger partial charge in [-0.25, -0.2) is 4.98 Å². The molecule has 1 aromatic carbocycles. The van der Waals surface area contributed by atoms with E-state index >= 15 is 0 Å². The van der Waals surface area contributed by atoms with Crippen LogP contribution in [0.25, 0.3) is 10.9 Å². The number of aromatic nitrogens is 2. The molecule has 0 saturated heterocycles. The number of fused-ring (bicyclic) bond motifs is 1. The highest BCUT2D eigenvalue weighted by molar-refractivity contribution is 5.80. The number of hydrogen-bond donors (Lipinski definition) is 1. The summed E-state index contributed by atoms with van der Waals surface area (Å²) in [4.78, 5) is 8.90. The van der Waals surface area contributed by atoms with Crippen LogP contribution >= 0.6 is 0 Å². The molecule has 0 saturated carbocycles. The summed E-state index contributed by atoms with van der Waals surface area (Å²) in [5.74, 6) is 0.920. The molecule has 0 unspecified atom stereocenters. The number of para-hydroxylation sites is 1. The normalized spacial score (nSPS) is 10.7. The second-order valence-electron chi connectivity index (χ2n) is 4.87. The van der Waals surface area contributed by atoms with Crippen molar-refractivity contribution < 1.29 is 0 Å². The van der Waals surface area contributed by atoms with Crippen molar-refractivity contribution >= 4 is 16.7 Å². The van der Waals surface area contributed by atoms with Crippen LogP contribution in [0.5, 0.6) is 0 Å². The summed E-state index contributed by atoms with van der Waals surface area (Å²) in [5, 5.41) is 4.53. The number of anilines is 1. The summed E-state index contributed by atoms with van der Waals surface area (Å²) < 4.78 is 0. The first-order valence-electron chi connectivity index (χ1n) is 6.82. The molecule has 0 spiro atoms. The fourth-order valence-corrected chi connectivity index (χ4v) is 2.15. The molecule has 3 heteroatoms. The maximum atomic E-state index is 4.59. The maximum absolute atomic E-state index is 4.59. The Bertz CT molecular complexity index is 705. The lowest BCUT2D eigenvalue weighted by Crippen LogP contribution is -2.06. The first kappa shape index (κ1) is 12.6. The number of nitrogens with one attached hydrogen (secondary N) is 1. The lowest BCUT2D eigenvalue weighted by molar-refractivity contribution is 0.989. The van der Waals surface area contributed by atoms with E-state index in [-0.39, 0.29) is 0 Å². The predicted molar refractivity (Wildman–Crippen MR) is 82.9 cm³/mol. The van der Waals surface area contributed by atoms with Crippen LogP contribution in [0.2, 0.25) is 0 Å². The molecule has 0 aliphatic rings. The first-order valence-corrected chi connectivity index (χ1v) is 6.82. The van der Waals surface area contributed by atoms with Gasteiger partial charge in [-0.2, -0.15) is 0 Å². The highest BCUT2D eigenvalue weighted by Gasteiger charge is 1.98. The lowest BCUT2D eigenvalue weighted by atomic mass is 10.2. The third-order valence-corrected chi connectivity index (χ3v) is 3.29. The van der Waals surface area contributed by atoms with E-state index in [9.17, 15) is 0 Å². The van der Waals surface area contributed by atoms with Crippen molar-refractivity contribution in [2.24, 2.45) is 0 Å². The van der Waals surface area contributed by atoms with Crippen LogP contribution in [0.15, 0.2) is 54.7 Å². The van der Waals surface area contributed by atoms with E-state index in [0.29, 0.717) is 0 Å². The molecule has 3 rings (SSSR count). The minimum atomic E-state index is 0.857. The zero-order valence-electron chi connectivity index (χ0n) is 11.5. The highest BCUT2D eigenvalue weighted by Crippen LogP contribution is 2.14. The van der Waals surface area contributed by atoms with Crippen molar-refractivity contribution in [2.45, 2.75) is 13.3 Å². The van der Waals surface area contributed by atoms with E-state index in [2.05, 4.69) is 33.5 Å². The summed E-state index contributed by atoms with van der Waals surface area (Å²) in [7, 11) is 0. The Morgan fingerprint density at radius 3 is 2.75 bits per heavy atom. The number of nitrogens with zero attached hydrogens (tertiary/aromatic N) is 2. The van der Waals surface area contributed by atoms with Crippen LogP contribution < -0.4 is 5.32 Å². The van der Waals surface area contributed by atoms with Crippen LogP contribution in [0.3, 0.4) is 0 Å². The minimum absolute atomic E-state index is 0.857.